The third-order valence-corrected chi connectivity index (χ3v) is 6.01. The third kappa shape index (κ3) is 7.55. The Morgan fingerprint density at radius 1 is 1.00 bits per heavy atom. The molecule has 4 rings (SSSR count). The molecule has 0 bridgehead atoms. The van der Waals surface area contributed by atoms with Crippen molar-refractivity contribution >= 4 is 17.8 Å². The number of amidine groups is 1. The summed E-state index contributed by atoms with van der Waals surface area (Å²) in [6.07, 6.45) is 2.49. The first kappa shape index (κ1) is 27.1. The number of amides is 1. The number of anilines is 1. The molecule has 3 aromatic carbocycles. The Morgan fingerprint density at radius 2 is 1.62 bits per heavy atom. The summed E-state index contributed by atoms with van der Waals surface area (Å²) < 4.78 is 28.6. The van der Waals surface area contributed by atoms with Gasteiger partial charge in [0.15, 0.2) is 11.5 Å². The van der Waals surface area contributed by atoms with Gasteiger partial charge >= 0.3 is 12.1 Å². The zero-order valence-corrected chi connectivity index (χ0v) is 21.8. The number of nitrogens with one attached hydrogen (secondary N) is 1. The molecule has 10 nitrogen and oxygen atoms in total. The third-order valence-electron chi connectivity index (χ3n) is 6.01. The maximum atomic E-state index is 12.5. The van der Waals surface area contributed by atoms with Crippen LogP contribution >= 0.6 is 0 Å². The van der Waals surface area contributed by atoms with Gasteiger partial charge in [-0.05, 0) is 17.7 Å². The van der Waals surface area contributed by atoms with E-state index in [-0.39, 0.29) is 24.8 Å². The summed E-state index contributed by atoms with van der Waals surface area (Å²) >= 11 is 0. The van der Waals surface area contributed by atoms with Crippen LogP contribution in [0.25, 0.3) is 0 Å². The summed E-state index contributed by atoms with van der Waals surface area (Å²) in [5.41, 5.74) is 1.47. The van der Waals surface area contributed by atoms with Gasteiger partial charge in [0.1, 0.15) is 18.5 Å². The van der Waals surface area contributed by atoms with E-state index in [1.54, 1.807) is 35.4 Å². The lowest BCUT2D eigenvalue weighted by Crippen LogP contribution is -2.42. The van der Waals surface area contributed by atoms with Crippen molar-refractivity contribution in [3.8, 4) is 29.2 Å². The van der Waals surface area contributed by atoms with Gasteiger partial charge in [-0.15, -0.1) is 4.99 Å². The Balaban J connectivity index is 1.38. The van der Waals surface area contributed by atoms with Crippen LogP contribution in [0.15, 0.2) is 77.8 Å². The molecule has 0 saturated carbocycles. The van der Waals surface area contributed by atoms with E-state index in [0.29, 0.717) is 54.6 Å². The molecule has 1 aliphatic rings. The van der Waals surface area contributed by atoms with Crippen LogP contribution in [0.5, 0.6) is 23.0 Å². The summed E-state index contributed by atoms with van der Waals surface area (Å²) in [5, 5.41) is 12.1. The molecule has 202 valence electrons. The predicted molar refractivity (Wildman–Crippen MR) is 145 cm³/mol. The fourth-order valence-electron chi connectivity index (χ4n) is 4.05. The summed E-state index contributed by atoms with van der Waals surface area (Å²) in [6.45, 7) is 1.25. The Hall–Kier alpha value is -4.91. The maximum absolute atomic E-state index is 12.5. The molecular formula is C29H30N4O6. The Kier molecular flexibility index (Phi) is 9.45. The lowest BCUT2D eigenvalue weighted by Gasteiger charge is -2.32. The van der Waals surface area contributed by atoms with Crippen molar-refractivity contribution in [1.82, 2.24) is 4.90 Å². The standard InChI is InChI=1S/C29H30N4O6/c1-35-25-17-22(32-28(31-20-30)39-23-11-7-4-8-12-23)18-26(36-2)27(25)38-24-13-15-33(16-14-24)29(34)37-19-21-9-5-3-6-10-21/h3-12,17-18,24H,13-16,19H2,1-2H3,(H,31,32). The summed E-state index contributed by atoms with van der Waals surface area (Å²) in [5.74, 6) is 1.82. The van der Waals surface area contributed by atoms with Crippen molar-refractivity contribution in [2.24, 2.45) is 4.99 Å². The summed E-state index contributed by atoms with van der Waals surface area (Å²) in [7, 11) is 3.06. The second-order valence-electron chi connectivity index (χ2n) is 8.61. The first-order chi connectivity index (χ1) is 19.1. The quantitative estimate of drug-likeness (QED) is 0.240. The topological polar surface area (TPSA) is 115 Å². The van der Waals surface area contributed by atoms with Gasteiger partial charge in [-0.3, -0.25) is 0 Å². The molecule has 0 radical (unpaired) electrons. The molecule has 1 heterocycles. The average molecular weight is 531 g/mol. The molecule has 1 fully saturated rings. The number of piperidine rings is 1. The molecule has 1 N–H and O–H groups in total. The van der Waals surface area contributed by atoms with Crippen LogP contribution in [0, 0.1) is 11.5 Å². The van der Waals surface area contributed by atoms with Crippen molar-refractivity contribution < 1.29 is 28.5 Å². The molecule has 1 aliphatic heterocycles. The molecule has 1 amide bonds. The molecule has 0 atom stereocenters. The SMILES string of the molecule is COc1cc(N/C(=N/C#N)Oc2ccccc2)cc(OC)c1OC1CCN(C(=O)OCc2ccccc2)CC1. The molecular weight excluding hydrogens is 500 g/mol. The number of carbonyl (C=O) groups excluding carboxylic acids is 1. The molecule has 0 aliphatic carbocycles. The van der Waals surface area contributed by atoms with E-state index in [0.717, 1.165) is 5.56 Å². The monoisotopic (exact) mass is 530 g/mol. The zero-order chi connectivity index (χ0) is 27.5. The van der Waals surface area contributed by atoms with Crippen LogP contribution in [0.2, 0.25) is 0 Å². The van der Waals surface area contributed by atoms with E-state index in [4.69, 9.17) is 28.9 Å². The molecule has 1 saturated heterocycles. The van der Waals surface area contributed by atoms with Crippen molar-refractivity contribution in [2.45, 2.75) is 25.6 Å². The molecule has 10 heteroatoms. The maximum Gasteiger partial charge on any atom is 0.410 e. The molecule has 0 unspecified atom stereocenters. The van der Waals surface area contributed by atoms with Crippen molar-refractivity contribution in [1.29, 1.82) is 5.26 Å². The van der Waals surface area contributed by atoms with Crippen LogP contribution in [0.3, 0.4) is 0 Å². The lowest BCUT2D eigenvalue weighted by atomic mass is 10.1. The number of methoxy groups -OCH3 is 2. The van der Waals surface area contributed by atoms with Crippen LogP contribution in [0.1, 0.15) is 18.4 Å². The van der Waals surface area contributed by atoms with Gasteiger partial charge in [-0.2, -0.15) is 5.26 Å². The van der Waals surface area contributed by atoms with Gasteiger partial charge in [0.05, 0.1) is 19.9 Å². The number of nitriles is 1. The van der Waals surface area contributed by atoms with Crippen LogP contribution in [0.4, 0.5) is 10.5 Å². The molecule has 0 aromatic heterocycles. The number of benzene rings is 3. The number of para-hydroxylation sites is 1. The summed E-state index contributed by atoms with van der Waals surface area (Å²) in [6, 6.07) is 22.0. The summed E-state index contributed by atoms with van der Waals surface area (Å²) in [4.78, 5) is 17.9. The minimum absolute atomic E-state index is 0.00648. The first-order valence-electron chi connectivity index (χ1n) is 12.4. The van der Waals surface area contributed by atoms with Gasteiger partial charge in [-0.1, -0.05) is 48.5 Å². The van der Waals surface area contributed by atoms with E-state index < -0.39 is 0 Å². The largest absolute Gasteiger partial charge is 0.493 e. The smallest absolute Gasteiger partial charge is 0.410 e. The number of likely N-dealkylation sites (tertiary alicyclic amines) is 1. The fourth-order valence-corrected chi connectivity index (χ4v) is 4.05. The van der Waals surface area contributed by atoms with E-state index >= 15 is 0 Å². The van der Waals surface area contributed by atoms with Crippen molar-refractivity contribution in [3.05, 3.63) is 78.4 Å². The van der Waals surface area contributed by atoms with Crippen LogP contribution in [-0.2, 0) is 11.3 Å². The van der Waals surface area contributed by atoms with Gasteiger partial charge in [0.2, 0.25) is 11.9 Å². The minimum Gasteiger partial charge on any atom is -0.493 e. The van der Waals surface area contributed by atoms with Gasteiger partial charge in [-0.25, -0.2) is 4.79 Å². The van der Waals surface area contributed by atoms with E-state index in [2.05, 4.69) is 10.3 Å². The van der Waals surface area contributed by atoms with E-state index in [1.807, 2.05) is 48.5 Å². The highest BCUT2D eigenvalue weighted by Gasteiger charge is 2.27. The van der Waals surface area contributed by atoms with Gasteiger partial charge < -0.3 is 33.9 Å². The minimum atomic E-state index is -0.338. The van der Waals surface area contributed by atoms with Crippen molar-refractivity contribution in [2.75, 3.05) is 32.6 Å². The Morgan fingerprint density at radius 3 is 2.21 bits per heavy atom. The predicted octanol–water partition coefficient (Wildman–Crippen LogP) is 5.21. The highest BCUT2D eigenvalue weighted by molar-refractivity contribution is 5.92. The highest BCUT2D eigenvalue weighted by Crippen LogP contribution is 2.41. The number of rotatable bonds is 8. The fraction of sp³-hybridized carbons (Fsp3) is 0.276. The number of hydrogen-bond acceptors (Lipinski definition) is 8. The number of carbonyl (C=O) groups is 1. The second-order valence-corrected chi connectivity index (χ2v) is 8.61. The Labute approximate surface area is 227 Å². The molecule has 3 aromatic rings. The van der Waals surface area contributed by atoms with Gasteiger partial charge in [0, 0.05) is 38.1 Å². The highest BCUT2D eigenvalue weighted by atomic mass is 16.6. The second kappa shape index (κ2) is 13.6. The average Bonchev–Trinajstić information content (AvgIpc) is 2.98. The lowest BCUT2D eigenvalue weighted by molar-refractivity contribution is 0.0621. The Bertz CT molecular complexity index is 1280. The number of ether oxygens (including phenoxy) is 5. The van der Waals surface area contributed by atoms with Crippen LogP contribution in [-0.4, -0.2) is 50.4 Å². The van der Waals surface area contributed by atoms with Gasteiger partial charge in [0.25, 0.3) is 0 Å². The zero-order valence-electron chi connectivity index (χ0n) is 21.8. The molecule has 0 spiro atoms. The van der Waals surface area contributed by atoms with E-state index in [9.17, 15) is 4.79 Å². The number of nitrogens with zero attached hydrogens (tertiary/aromatic N) is 3. The number of hydrogen-bond donors (Lipinski definition) is 1. The number of aliphatic imine (C=N–C) groups is 1. The van der Waals surface area contributed by atoms with E-state index in [1.165, 1.54) is 14.2 Å². The van der Waals surface area contributed by atoms with Crippen molar-refractivity contribution in [3.63, 3.8) is 0 Å². The van der Waals surface area contributed by atoms with Crippen LogP contribution < -0.4 is 24.3 Å². The normalized spacial score (nSPS) is 13.7. The first-order valence-corrected chi connectivity index (χ1v) is 12.4. The molecule has 39 heavy (non-hydrogen) atoms.